The Morgan fingerprint density at radius 3 is 2.83 bits per heavy atom. The molecule has 0 aliphatic carbocycles. The zero-order chi connectivity index (χ0) is 13.2. The van der Waals surface area contributed by atoms with Gasteiger partial charge in [0.05, 0.1) is 11.6 Å². The summed E-state index contributed by atoms with van der Waals surface area (Å²) in [5.74, 6) is -1.59. The number of nitrogens with one attached hydrogen (secondary N) is 1. The van der Waals surface area contributed by atoms with Gasteiger partial charge in [-0.05, 0) is 32.4 Å². The van der Waals surface area contributed by atoms with E-state index in [-0.39, 0.29) is 6.04 Å². The van der Waals surface area contributed by atoms with Gasteiger partial charge in [-0.25, -0.2) is 8.78 Å². The van der Waals surface area contributed by atoms with Crippen molar-refractivity contribution in [3.63, 3.8) is 0 Å². The average molecular weight is 255 g/mol. The molecule has 2 nitrogen and oxygen atoms in total. The number of likely N-dealkylation sites (N-methyl/N-ethyl adjacent to an activating group) is 1. The maximum absolute atomic E-state index is 13.9. The second kappa shape index (κ2) is 5.33. The summed E-state index contributed by atoms with van der Waals surface area (Å²) >= 11 is 0. The Hall–Kier alpha value is -1.00. The van der Waals surface area contributed by atoms with E-state index in [0.717, 1.165) is 18.9 Å². The molecule has 1 fully saturated rings. The Kier molecular flexibility index (Phi) is 3.97. The van der Waals surface area contributed by atoms with Gasteiger partial charge < -0.3 is 10.1 Å². The fourth-order valence-corrected chi connectivity index (χ4v) is 2.63. The maximum atomic E-state index is 13.9. The smallest absolute Gasteiger partial charge is 0.163 e. The molecule has 18 heavy (non-hydrogen) atoms. The van der Waals surface area contributed by atoms with Crippen molar-refractivity contribution < 1.29 is 13.5 Å². The average Bonchev–Trinajstić information content (AvgIpc) is 2.78. The largest absolute Gasteiger partial charge is 0.373 e. The van der Waals surface area contributed by atoms with E-state index in [1.54, 1.807) is 6.07 Å². The fourth-order valence-electron chi connectivity index (χ4n) is 2.63. The molecule has 1 N–H and O–H groups in total. The van der Waals surface area contributed by atoms with E-state index >= 15 is 0 Å². The van der Waals surface area contributed by atoms with Crippen molar-refractivity contribution in [3.05, 3.63) is 35.4 Å². The summed E-state index contributed by atoms with van der Waals surface area (Å²) < 4.78 is 33.0. The van der Waals surface area contributed by atoms with Crippen LogP contribution in [0.5, 0.6) is 0 Å². The maximum Gasteiger partial charge on any atom is 0.163 e. The standard InChI is InChI=1S/C14H19F2NO/c1-3-17-13(14(2)8-5-9-18-14)10-6-4-7-11(15)12(10)16/h4,6-7,13,17H,3,5,8-9H2,1-2H3. The van der Waals surface area contributed by atoms with Gasteiger partial charge in [0.15, 0.2) is 11.6 Å². The highest BCUT2D eigenvalue weighted by atomic mass is 19.2. The Morgan fingerprint density at radius 2 is 2.22 bits per heavy atom. The van der Waals surface area contributed by atoms with Crippen LogP contribution in [0.1, 0.15) is 38.3 Å². The first-order valence-corrected chi connectivity index (χ1v) is 6.40. The van der Waals surface area contributed by atoms with Crippen molar-refractivity contribution >= 4 is 0 Å². The van der Waals surface area contributed by atoms with Crippen LogP contribution in [0.4, 0.5) is 8.78 Å². The van der Waals surface area contributed by atoms with Crippen LogP contribution in [0.15, 0.2) is 18.2 Å². The van der Waals surface area contributed by atoms with Crippen molar-refractivity contribution in [3.8, 4) is 0 Å². The Labute approximate surface area is 106 Å². The van der Waals surface area contributed by atoms with E-state index in [9.17, 15) is 8.78 Å². The second-order valence-corrected chi connectivity index (χ2v) is 4.90. The van der Waals surface area contributed by atoms with Crippen LogP contribution < -0.4 is 5.32 Å². The van der Waals surface area contributed by atoms with Crippen molar-refractivity contribution in [2.45, 2.75) is 38.3 Å². The van der Waals surface area contributed by atoms with Crippen LogP contribution in [-0.2, 0) is 4.74 Å². The molecule has 0 radical (unpaired) electrons. The minimum Gasteiger partial charge on any atom is -0.373 e. The summed E-state index contributed by atoms with van der Waals surface area (Å²) in [5.41, 5.74) is -0.119. The first-order valence-electron chi connectivity index (χ1n) is 6.40. The molecule has 0 saturated carbocycles. The van der Waals surface area contributed by atoms with Crippen molar-refractivity contribution in [2.24, 2.45) is 0 Å². The molecular formula is C14H19F2NO. The molecule has 1 heterocycles. The molecule has 1 aromatic carbocycles. The minimum absolute atomic E-state index is 0.319. The number of hydrogen-bond acceptors (Lipinski definition) is 2. The summed E-state index contributed by atoms with van der Waals surface area (Å²) in [6.45, 7) is 5.26. The molecule has 100 valence electrons. The lowest BCUT2D eigenvalue weighted by molar-refractivity contribution is -0.0131. The first-order chi connectivity index (χ1) is 8.58. The van der Waals surface area contributed by atoms with E-state index < -0.39 is 17.2 Å². The van der Waals surface area contributed by atoms with Gasteiger partial charge in [-0.2, -0.15) is 0 Å². The SMILES string of the molecule is CCNC(c1cccc(F)c1F)C1(C)CCCO1. The molecule has 1 saturated heterocycles. The molecule has 0 spiro atoms. The topological polar surface area (TPSA) is 21.3 Å². The van der Waals surface area contributed by atoms with Gasteiger partial charge in [0, 0.05) is 12.2 Å². The molecule has 0 amide bonds. The highest BCUT2D eigenvalue weighted by molar-refractivity contribution is 5.25. The van der Waals surface area contributed by atoms with E-state index in [1.807, 2.05) is 13.8 Å². The number of benzene rings is 1. The molecule has 2 rings (SSSR count). The third-order valence-electron chi connectivity index (χ3n) is 3.56. The number of ether oxygens (including phenoxy) is 1. The lowest BCUT2D eigenvalue weighted by Crippen LogP contribution is -2.41. The summed E-state index contributed by atoms with van der Waals surface area (Å²) in [6.07, 6.45) is 1.80. The van der Waals surface area contributed by atoms with Gasteiger partial charge in [-0.1, -0.05) is 19.1 Å². The molecule has 2 unspecified atom stereocenters. The predicted molar refractivity (Wildman–Crippen MR) is 66.4 cm³/mol. The zero-order valence-electron chi connectivity index (χ0n) is 10.8. The fraction of sp³-hybridized carbons (Fsp3) is 0.571. The van der Waals surface area contributed by atoms with Crippen molar-refractivity contribution in [1.82, 2.24) is 5.32 Å². The highest BCUT2D eigenvalue weighted by Gasteiger charge is 2.40. The van der Waals surface area contributed by atoms with E-state index in [1.165, 1.54) is 6.07 Å². The van der Waals surface area contributed by atoms with Crippen molar-refractivity contribution in [1.29, 1.82) is 0 Å². The predicted octanol–water partition coefficient (Wildman–Crippen LogP) is 3.18. The van der Waals surface area contributed by atoms with Gasteiger partial charge >= 0.3 is 0 Å². The van der Waals surface area contributed by atoms with Crippen LogP contribution in [0.25, 0.3) is 0 Å². The second-order valence-electron chi connectivity index (χ2n) is 4.90. The monoisotopic (exact) mass is 255 g/mol. The molecule has 1 aromatic rings. The Bertz CT molecular complexity index is 416. The molecular weight excluding hydrogens is 236 g/mol. The first kappa shape index (κ1) is 13.4. The van der Waals surface area contributed by atoms with Gasteiger partial charge in [-0.15, -0.1) is 0 Å². The van der Waals surface area contributed by atoms with Gasteiger partial charge in [0.25, 0.3) is 0 Å². The summed E-state index contributed by atoms with van der Waals surface area (Å²) in [6, 6.07) is 3.98. The van der Waals surface area contributed by atoms with Crippen LogP contribution >= 0.6 is 0 Å². The third kappa shape index (κ3) is 2.40. The lowest BCUT2D eigenvalue weighted by atomic mass is 9.87. The quantitative estimate of drug-likeness (QED) is 0.892. The molecule has 0 bridgehead atoms. The van der Waals surface area contributed by atoms with E-state index in [2.05, 4.69) is 5.32 Å². The molecule has 0 aromatic heterocycles. The zero-order valence-corrected chi connectivity index (χ0v) is 10.8. The third-order valence-corrected chi connectivity index (χ3v) is 3.56. The van der Waals surface area contributed by atoms with Gasteiger partial charge in [0.1, 0.15) is 0 Å². The van der Waals surface area contributed by atoms with Crippen LogP contribution in [0.2, 0.25) is 0 Å². The normalized spacial score (nSPS) is 25.3. The van der Waals surface area contributed by atoms with E-state index in [0.29, 0.717) is 18.7 Å². The number of hydrogen-bond donors (Lipinski definition) is 1. The van der Waals surface area contributed by atoms with Crippen molar-refractivity contribution in [2.75, 3.05) is 13.2 Å². The number of halogens is 2. The molecule has 1 aliphatic heterocycles. The van der Waals surface area contributed by atoms with E-state index in [4.69, 9.17) is 4.74 Å². The lowest BCUT2D eigenvalue weighted by Gasteiger charge is -2.34. The van der Waals surface area contributed by atoms with Gasteiger partial charge in [-0.3, -0.25) is 0 Å². The van der Waals surface area contributed by atoms with Crippen LogP contribution in [0, 0.1) is 11.6 Å². The van der Waals surface area contributed by atoms with Crippen LogP contribution in [-0.4, -0.2) is 18.8 Å². The summed E-state index contributed by atoms with van der Waals surface area (Å²) in [5, 5.41) is 3.22. The molecule has 2 atom stereocenters. The molecule has 4 heteroatoms. The molecule has 1 aliphatic rings. The summed E-state index contributed by atoms with van der Waals surface area (Å²) in [7, 11) is 0. The Balaban J connectivity index is 2.38. The van der Waals surface area contributed by atoms with Gasteiger partial charge in [0.2, 0.25) is 0 Å². The Morgan fingerprint density at radius 1 is 1.44 bits per heavy atom. The summed E-state index contributed by atoms with van der Waals surface area (Å²) in [4.78, 5) is 0. The van der Waals surface area contributed by atoms with Crippen LogP contribution in [0.3, 0.4) is 0 Å². The highest BCUT2D eigenvalue weighted by Crippen LogP contribution is 2.38. The number of rotatable bonds is 4. The minimum atomic E-state index is -0.808.